The minimum atomic E-state index is 0.000686. The largest absolute Gasteiger partial charge is 0.356 e. The van der Waals surface area contributed by atoms with Crippen molar-refractivity contribution in [2.45, 2.75) is 26.7 Å². The van der Waals surface area contributed by atoms with E-state index in [4.69, 9.17) is 0 Å². The molecule has 142 valence electrons. The Bertz CT molecular complexity index is 845. The molecule has 1 aromatic carbocycles. The summed E-state index contributed by atoms with van der Waals surface area (Å²) in [4.78, 5) is 30.5. The number of carbonyl (C=O) groups is 2. The molecule has 1 fully saturated rings. The molecule has 0 atom stereocenters. The summed E-state index contributed by atoms with van der Waals surface area (Å²) in [6.07, 6.45) is 1.82. The highest BCUT2D eigenvalue weighted by atomic mass is 79.9. The van der Waals surface area contributed by atoms with Crippen LogP contribution >= 0.6 is 15.9 Å². The van der Waals surface area contributed by atoms with E-state index in [2.05, 4.69) is 26.2 Å². The van der Waals surface area contributed by atoms with Gasteiger partial charge in [-0.05, 0) is 49.9 Å². The molecule has 2 aromatic rings. The number of pyridine rings is 1. The van der Waals surface area contributed by atoms with Gasteiger partial charge >= 0.3 is 0 Å². The number of hydrogen-bond acceptors (Lipinski definition) is 3. The van der Waals surface area contributed by atoms with Gasteiger partial charge < -0.3 is 10.2 Å². The van der Waals surface area contributed by atoms with Crippen LogP contribution in [0, 0.1) is 12.8 Å². The quantitative estimate of drug-likeness (QED) is 0.803. The predicted octanol–water partition coefficient (Wildman–Crippen LogP) is 3.81. The van der Waals surface area contributed by atoms with Crippen molar-refractivity contribution in [1.29, 1.82) is 0 Å². The van der Waals surface area contributed by atoms with Gasteiger partial charge in [-0.25, -0.2) is 0 Å². The molecule has 2 heterocycles. The second kappa shape index (κ2) is 8.65. The summed E-state index contributed by atoms with van der Waals surface area (Å²) < 4.78 is 1.00. The average molecular weight is 430 g/mol. The Morgan fingerprint density at radius 1 is 1.22 bits per heavy atom. The molecule has 0 spiro atoms. The molecule has 0 saturated carbocycles. The maximum atomic E-state index is 12.9. The predicted molar refractivity (Wildman–Crippen MR) is 109 cm³/mol. The Morgan fingerprint density at radius 2 is 1.96 bits per heavy atom. The number of rotatable bonds is 4. The van der Waals surface area contributed by atoms with Gasteiger partial charge in [-0.15, -0.1) is 0 Å². The van der Waals surface area contributed by atoms with Gasteiger partial charge in [0.15, 0.2) is 0 Å². The summed E-state index contributed by atoms with van der Waals surface area (Å²) in [6, 6.07) is 11.8. The summed E-state index contributed by atoms with van der Waals surface area (Å²) in [5.74, 6) is 0.482. The number of amides is 2. The van der Waals surface area contributed by atoms with Crippen LogP contribution in [-0.2, 0) is 4.79 Å². The Morgan fingerprint density at radius 3 is 2.59 bits per heavy atom. The molecule has 5 nitrogen and oxygen atoms in total. The first-order valence-corrected chi connectivity index (χ1v) is 10.0. The summed E-state index contributed by atoms with van der Waals surface area (Å²) in [5, 5.41) is 2.87. The van der Waals surface area contributed by atoms with E-state index in [1.165, 1.54) is 6.92 Å². The fourth-order valence-corrected chi connectivity index (χ4v) is 3.79. The monoisotopic (exact) mass is 429 g/mol. The molecular formula is C21H24BrN3O2. The van der Waals surface area contributed by atoms with E-state index in [9.17, 15) is 9.59 Å². The molecule has 3 rings (SSSR count). The van der Waals surface area contributed by atoms with Crippen molar-refractivity contribution in [3.8, 4) is 11.3 Å². The van der Waals surface area contributed by atoms with Crippen molar-refractivity contribution in [3.63, 3.8) is 0 Å². The number of halogens is 1. The van der Waals surface area contributed by atoms with Crippen molar-refractivity contribution in [2.75, 3.05) is 19.6 Å². The zero-order valence-electron chi connectivity index (χ0n) is 15.7. The molecular weight excluding hydrogens is 406 g/mol. The maximum Gasteiger partial charge on any atom is 0.255 e. The van der Waals surface area contributed by atoms with Crippen molar-refractivity contribution < 1.29 is 9.59 Å². The molecule has 1 aliphatic rings. The summed E-state index contributed by atoms with van der Waals surface area (Å²) >= 11 is 3.48. The smallest absolute Gasteiger partial charge is 0.255 e. The molecule has 6 heteroatoms. The highest BCUT2D eigenvalue weighted by molar-refractivity contribution is 9.10. The van der Waals surface area contributed by atoms with Gasteiger partial charge in [0, 0.05) is 36.6 Å². The fraction of sp³-hybridized carbons (Fsp3) is 0.381. The van der Waals surface area contributed by atoms with Gasteiger partial charge in [-0.2, -0.15) is 0 Å². The Hall–Kier alpha value is -2.21. The van der Waals surface area contributed by atoms with E-state index in [1.807, 2.05) is 48.2 Å². The van der Waals surface area contributed by atoms with Crippen LogP contribution in [0.3, 0.4) is 0 Å². The molecule has 1 aliphatic heterocycles. The van der Waals surface area contributed by atoms with Gasteiger partial charge in [0.05, 0.1) is 17.0 Å². The van der Waals surface area contributed by atoms with Crippen LogP contribution in [0.4, 0.5) is 0 Å². The van der Waals surface area contributed by atoms with E-state index in [0.717, 1.165) is 47.4 Å². The third kappa shape index (κ3) is 4.95. The lowest BCUT2D eigenvalue weighted by Crippen LogP contribution is -2.41. The second-order valence-corrected chi connectivity index (χ2v) is 7.93. The topological polar surface area (TPSA) is 62.3 Å². The van der Waals surface area contributed by atoms with Gasteiger partial charge in [0.1, 0.15) is 0 Å². The molecule has 0 bridgehead atoms. The van der Waals surface area contributed by atoms with Crippen LogP contribution in [0.15, 0.2) is 40.9 Å². The number of benzene rings is 1. The minimum absolute atomic E-state index is 0.000686. The molecule has 1 saturated heterocycles. The number of likely N-dealkylation sites (tertiary alicyclic amines) is 1. The van der Waals surface area contributed by atoms with Crippen molar-refractivity contribution in [2.24, 2.45) is 5.92 Å². The molecule has 27 heavy (non-hydrogen) atoms. The normalized spacial score (nSPS) is 14.9. The SMILES string of the molecule is CC(=O)NCC1CCN(C(=O)c2ccc(-c3cccc(Br)c3)nc2C)CC1. The lowest BCUT2D eigenvalue weighted by molar-refractivity contribution is -0.119. The fourth-order valence-electron chi connectivity index (χ4n) is 3.39. The standard InChI is InChI=1S/C21H24BrN3O2/c1-14-19(6-7-20(24-14)17-4-3-5-18(22)12-17)21(27)25-10-8-16(9-11-25)13-23-15(2)26/h3-7,12,16H,8-11,13H2,1-2H3,(H,23,26). The van der Waals surface area contributed by atoms with Gasteiger partial charge in [0.2, 0.25) is 5.91 Å². The van der Waals surface area contributed by atoms with Crippen LogP contribution in [0.2, 0.25) is 0 Å². The molecule has 1 N–H and O–H groups in total. The number of nitrogens with one attached hydrogen (secondary N) is 1. The molecule has 1 aromatic heterocycles. The Kier molecular flexibility index (Phi) is 6.26. The highest BCUT2D eigenvalue weighted by Crippen LogP contribution is 2.24. The van der Waals surface area contributed by atoms with Gasteiger partial charge in [0.25, 0.3) is 5.91 Å². The van der Waals surface area contributed by atoms with Crippen LogP contribution in [0.5, 0.6) is 0 Å². The minimum Gasteiger partial charge on any atom is -0.356 e. The molecule has 0 radical (unpaired) electrons. The summed E-state index contributed by atoms with van der Waals surface area (Å²) in [5.41, 5.74) is 3.29. The first-order chi connectivity index (χ1) is 12.9. The molecule has 0 unspecified atom stereocenters. The zero-order chi connectivity index (χ0) is 19.4. The van der Waals surface area contributed by atoms with E-state index in [1.54, 1.807) is 0 Å². The lowest BCUT2D eigenvalue weighted by Gasteiger charge is -2.32. The van der Waals surface area contributed by atoms with Crippen LogP contribution in [-0.4, -0.2) is 41.3 Å². The van der Waals surface area contributed by atoms with Gasteiger partial charge in [-0.1, -0.05) is 28.1 Å². The highest BCUT2D eigenvalue weighted by Gasteiger charge is 2.25. The number of hydrogen-bond donors (Lipinski definition) is 1. The third-order valence-corrected chi connectivity index (χ3v) is 5.47. The van der Waals surface area contributed by atoms with Crippen LogP contribution in [0.1, 0.15) is 35.8 Å². The average Bonchev–Trinajstić information content (AvgIpc) is 2.66. The number of nitrogens with zero attached hydrogens (tertiary/aromatic N) is 2. The number of carbonyl (C=O) groups excluding carboxylic acids is 2. The first kappa shape index (κ1) is 19.5. The molecule has 2 amide bonds. The lowest BCUT2D eigenvalue weighted by atomic mass is 9.96. The van der Waals surface area contributed by atoms with Crippen molar-refractivity contribution in [1.82, 2.24) is 15.2 Å². The number of piperidine rings is 1. The Balaban J connectivity index is 1.66. The summed E-state index contributed by atoms with van der Waals surface area (Å²) in [7, 11) is 0. The first-order valence-electron chi connectivity index (χ1n) is 9.21. The Labute approximate surface area is 168 Å². The van der Waals surface area contributed by atoms with E-state index < -0.39 is 0 Å². The third-order valence-electron chi connectivity index (χ3n) is 4.98. The zero-order valence-corrected chi connectivity index (χ0v) is 17.3. The van der Waals surface area contributed by atoms with Crippen molar-refractivity contribution >= 4 is 27.7 Å². The molecule has 0 aliphatic carbocycles. The number of aryl methyl sites for hydroxylation is 1. The van der Waals surface area contributed by atoms with Crippen molar-refractivity contribution in [3.05, 3.63) is 52.1 Å². The summed E-state index contributed by atoms with van der Waals surface area (Å²) in [6.45, 7) is 5.55. The maximum absolute atomic E-state index is 12.9. The second-order valence-electron chi connectivity index (χ2n) is 7.01. The van der Waals surface area contributed by atoms with Crippen LogP contribution < -0.4 is 5.32 Å². The van der Waals surface area contributed by atoms with Gasteiger partial charge in [-0.3, -0.25) is 14.6 Å². The van der Waals surface area contributed by atoms with Crippen LogP contribution in [0.25, 0.3) is 11.3 Å². The number of aromatic nitrogens is 1. The van der Waals surface area contributed by atoms with E-state index in [-0.39, 0.29) is 11.8 Å². The van der Waals surface area contributed by atoms with E-state index in [0.29, 0.717) is 18.0 Å². The van der Waals surface area contributed by atoms with E-state index >= 15 is 0 Å².